The van der Waals surface area contributed by atoms with E-state index in [9.17, 15) is 9.59 Å². The van der Waals surface area contributed by atoms with Crippen LogP contribution in [0.15, 0.2) is 58.1 Å². The molecule has 0 bridgehead atoms. The lowest BCUT2D eigenvalue weighted by Gasteiger charge is -2.33. The first kappa shape index (κ1) is 22.2. The SMILES string of the molecule is Cc1cc(C)cc(N2C[C@H](C)Cn3c2nc2c3c(=O)n(CCCc3ccccc3)c(=O)n2C)c1. The summed E-state index contributed by atoms with van der Waals surface area (Å²) in [6, 6.07) is 16.6. The lowest BCUT2D eigenvalue weighted by molar-refractivity contribution is 0.457. The normalized spacial score (nSPS) is 15.6. The number of nitrogens with zero attached hydrogens (tertiary/aromatic N) is 5. The molecule has 0 spiro atoms. The van der Waals surface area contributed by atoms with E-state index in [-0.39, 0.29) is 11.2 Å². The molecule has 7 nitrogen and oxygen atoms in total. The molecule has 1 atom stereocenters. The zero-order chi connectivity index (χ0) is 24.0. The van der Waals surface area contributed by atoms with E-state index in [0.29, 0.717) is 30.2 Å². The highest BCUT2D eigenvalue weighted by Crippen LogP contribution is 2.33. The average Bonchev–Trinajstić information content (AvgIpc) is 3.19. The molecule has 0 radical (unpaired) electrons. The van der Waals surface area contributed by atoms with E-state index in [0.717, 1.165) is 31.0 Å². The van der Waals surface area contributed by atoms with Gasteiger partial charge in [0.15, 0.2) is 11.2 Å². The van der Waals surface area contributed by atoms with E-state index in [1.165, 1.54) is 25.8 Å². The van der Waals surface area contributed by atoms with Gasteiger partial charge in [0.25, 0.3) is 5.56 Å². The first-order valence-corrected chi connectivity index (χ1v) is 11.9. The highest BCUT2D eigenvalue weighted by Gasteiger charge is 2.30. The Hall–Kier alpha value is -3.61. The van der Waals surface area contributed by atoms with Crippen molar-refractivity contribution in [3.8, 4) is 0 Å². The molecule has 1 aliphatic heterocycles. The molecule has 34 heavy (non-hydrogen) atoms. The van der Waals surface area contributed by atoms with Gasteiger partial charge in [-0.2, -0.15) is 4.98 Å². The molecule has 3 heterocycles. The summed E-state index contributed by atoms with van der Waals surface area (Å²) in [6.45, 7) is 8.25. The molecular weight excluding hydrogens is 426 g/mol. The van der Waals surface area contributed by atoms with Crippen LogP contribution in [0.1, 0.15) is 30.0 Å². The average molecular weight is 458 g/mol. The number of benzene rings is 2. The molecule has 0 aliphatic carbocycles. The van der Waals surface area contributed by atoms with E-state index in [1.807, 2.05) is 22.8 Å². The Kier molecular flexibility index (Phi) is 5.63. The Morgan fingerprint density at radius 1 is 1.00 bits per heavy atom. The summed E-state index contributed by atoms with van der Waals surface area (Å²) in [5.41, 5.74) is 5.03. The first-order valence-electron chi connectivity index (χ1n) is 11.9. The highest BCUT2D eigenvalue weighted by atomic mass is 16.2. The van der Waals surface area contributed by atoms with Gasteiger partial charge < -0.3 is 9.47 Å². The van der Waals surface area contributed by atoms with Crippen molar-refractivity contribution in [2.75, 3.05) is 11.4 Å². The van der Waals surface area contributed by atoms with E-state index in [2.05, 4.69) is 56.0 Å². The van der Waals surface area contributed by atoms with Crippen LogP contribution in [0.5, 0.6) is 0 Å². The highest BCUT2D eigenvalue weighted by molar-refractivity contribution is 5.77. The molecule has 0 saturated heterocycles. The molecule has 176 valence electrons. The van der Waals surface area contributed by atoms with Gasteiger partial charge >= 0.3 is 5.69 Å². The number of anilines is 2. The van der Waals surface area contributed by atoms with Gasteiger partial charge in [-0.05, 0) is 61.4 Å². The van der Waals surface area contributed by atoms with Crippen LogP contribution >= 0.6 is 0 Å². The molecule has 0 N–H and O–H groups in total. The van der Waals surface area contributed by atoms with Gasteiger partial charge in [-0.1, -0.05) is 43.3 Å². The number of hydrogen-bond donors (Lipinski definition) is 0. The predicted octanol–water partition coefficient (Wildman–Crippen LogP) is 3.93. The van der Waals surface area contributed by atoms with Crippen molar-refractivity contribution in [2.45, 2.75) is 46.7 Å². The molecule has 0 amide bonds. The molecule has 0 unspecified atom stereocenters. The van der Waals surface area contributed by atoms with Crippen LogP contribution in [0, 0.1) is 19.8 Å². The predicted molar refractivity (Wildman–Crippen MR) is 136 cm³/mol. The molecule has 5 rings (SSSR count). The fraction of sp³-hybridized carbons (Fsp3) is 0.370. The third-order valence-corrected chi connectivity index (χ3v) is 6.65. The molecule has 7 heteroatoms. The summed E-state index contributed by atoms with van der Waals surface area (Å²) >= 11 is 0. The minimum Gasteiger partial charge on any atom is -0.312 e. The maximum Gasteiger partial charge on any atom is 0.332 e. The zero-order valence-corrected chi connectivity index (χ0v) is 20.3. The lowest BCUT2D eigenvalue weighted by Crippen LogP contribution is -2.40. The van der Waals surface area contributed by atoms with Crippen molar-refractivity contribution in [2.24, 2.45) is 13.0 Å². The van der Waals surface area contributed by atoms with Crippen molar-refractivity contribution in [3.63, 3.8) is 0 Å². The summed E-state index contributed by atoms with van der Waals surface area (Å²) in [4.78, 5) is 33.7. The van der Waals surface area contributed by atoms with Crippen LogP contribution in [-0.4, -0.2) is 25.2 Å². The van der Waals surface area contributed by atoms with Crippen LogP contribution in [-0.2, 0) is 26.6 Å². The Balaban J connectivity index is 1.59. The van der Waals surface area contributed by atoms with Crippen molar-refractivity contribution < 1.29 is 0 Å². The topological polar surface area (TPSA) is 65.1 Å². The maximum atomic E-state index is 13.6. The van der Waals surface area contributed by atoms with Crippen molar-refractivity contribution in [3.05, 3.63) is 86.1 Å². The standard InChI is InChI=1S/C27H31N5O2/c1-18-13-19(2)15-22(14-18)31-16-20(3)17-32-23-24(28-26(31)32)29(4)27(34)30(25(23)33)12-8-11-21-9-6-5-7-10-21/h5-7,9-10,13-15,20H,8,11-12,16-17H2,1-4H3/t20-/m0/s1. The van der Waals surface area contributed by atoms with Gasteiger partial charge in [0.2, 0.25) is 5.95 Å². The second kappa shape index (κ2) is 8.63. The summed E-state index contributed by atoms with van der Waals surface area (Å²) in [7, 11) is 1.71. The van der Waals surface area contributed by atoms with Crippen LogP contribution in [0.25, 0.3) is 11.2 Å². The third-order valence-electron chi connectivity index (χ3n) is 6.65. The van der Waals surface area contributed by atoms with Crippen molar-refractivity contribution in [1.82, 2.24) is 18.7 Å². The molecule has 2 aromatic heterocycles. The van der Waals surface area contributed by atoms with E-state index in [4.69, 9.17) is 4.98 Å². The Morgan fingerprint density at radius 3 is 2.41 bits per heavy atom. The van der Waals surface area contributed by atoms with E-state index in [1.54, 1.807) is 7.05 Å². The zero-order valence-electron chi connectivity index (χ0n) is 20.3. The number of aromatic nitrogens is 4. The molecule has 4 aromatic rings. The van der Waals surface area contributed by atoms with Crippen LogP contribution in [0.4, 0.5) is 11.6 Å². The second-order valence-electron chi connectivity index (χ2n) is 9.64. The molecule has 0 saturated carbocycles. The van der Waals surface area contributed by atoms with Gasteiger partial charge in [0, 0.05) is 32.4 Å². The molecule has 2 aromatic carbocycles. The minimum atomic E-state index is -0.313. The Bertz CT molecular complexity index is 1460. The quantitative estimate of drug-likeness (QED) is 0.455. The maximum absolute atomic E-state index is 13.6. The fourth-order valence-electron chi connectivity index (χ4n) is 5.11. The Morgan fingerprint density at radius 2 is 1.71 bits per heavy atom. The number of hydrogen-bond acceptors (Lipinski definition) is 4. The van der Waals surface area contributed by atoms with Gasteiger partial charge in [0.1, 0.15) is 0 Å². The summed E-state index contributed by atoms with van der Waals surface area (Å²) < 4.78 is 4.91. The third kappa shape index (κ3) is 3.85. The van der Waals surface area contributed by atoms with Gasteiger partial charge in [0.05, 0.1) is 0 Å². The number of rotatable bonds is 5. The van der Waals surface area contributed by atoms with Crippen LogP contribution in [0.2, 0.25) is 0 Å². The number of fused-ring (bicyclic) bond motifs is 3. The van der Waals surface area contributed by atoms with Crippen LogP contribution in [0.3, 0.4) is 0 Å². The molecular formula is C27H31N5O2. The van der Waals surface area contributed by atoms with Gasteiger partial charge in [-0.25, -0.2) is 4.79 Å². The van der Waals surface area contributed by atoms with Gasteiger partial charge in [-0.15, -0.1) is 0 Å². The summed E-state index contributed by atoms with van der Waals surface area (Å²) in [5, 5.41) is 0. The first-order chi connectivity index (χ1) is 16.3. The fourth-order valence-corrected chi connectivity index (χ4v) is 5.11. The van der Waals surface area contributed by atoms with Crippen molar-refractivity contribution in [1.29, 1.82) is 0 Å². The van der Waals surface area contributed by atoms with Crippen molar-refractivity contribution >= 4 is 22.8 Å². The summed E-state index contributed by atoms with van der Waals surface area (Å²) in [5.74, 6) is 1.06. The lowest BCUT2D eigenvalue weighted by atomic mass is 10.1. The largest absolute Gasteiger partial charge is 0.332 e. The van der Waals surface area contributed by atoms with Crippen LogP contribution < -0.4 is 16.1 Å². The number of aryl methyl sites for hydroxylation is 4. The number of imidazole rings is 1. The smallest absolute Gasteiger partial charge is 0.312 e. The summed E-state index contributed by atoms with van der Waals surface area (Å²) in [6.07, 6.45) is 1.53. The molecule has 1 aliphatic rings. The minimum absolute atomic E-state index is 0.251. The monoisotopic (exact) mass is 457 g/mol. The second-order valence-corrected chi connectivity index (χ2v) is 9.64. The van der Waals surface area contributed by atoms with Gasteiger partial charge in [-0.3, -0.25) is 13.9 Å². The molecule has 0 fully saturated rings. The van der Waals surface area contributed by atoms with E-state index < -0.39 is 0 Å². The van der Waals surface area contributed by atoms with E-state index >= 15 is 0 Å². The Labute approximate surface area is 198 Å².